The van der Waals surface area contributed by atoms with Gasteiger partial charge in [0.15, 0.2) is 17.6 Å². The number of amides is 1. The second-order valence-electron chi connectivity index (χ2n) is 11.0. The number of aromatic amines is 1. The number of aliphatic imine (C=N–C) groups is 2. The van der Waals surface area contributed by atoms with Gasteiger partial charge in [-0.2, -0.15) is 4.99 Å². The third kappa shape index (κ3) is 6.82. The van der Waals surface area contributed by atoms with E-state index in [1.807, 2.05) is 24.4 Å². The molecule has 3 aromatic rings. The molecule has 2 atom stereocenters. The molecule has 0 saturated carbocycles. The zero-order valence-corrected chi connectivity index (χ0v) is 26.2. The minimum Gasteiger partial charge on any atom is -0.466 e. The highest BCUT2D eigenvalue weighted by Crippen LogP contribution is 2.31. The molecule has 6 rings (SSSR count). The molecule has 1 aromatic heterocycles. The Labute approximate surface area is 275 Å². The number of nitrogen functional groups attached to an aromatic ring is 2. The van der Waals surface area contributed by atoms with E-state index < -0.39 is 11.9 Å². The average molecular weight is 654 g/mol. The molecule has 3 aliphatic heterocycles. The largest absolute Gasteiger partial charge is 0.466 e. The van der Waals surface area contributed by atoms with E-state index in [-0.39, 0.29) is 53.4 Å². The number of hydrogen-bond acceptors (Lipinski definition) is 13. The fourth-order valence-corrected chi connectivity index (χ4v) is 5.21. The van der Waals surface area contributed by atoms with E-state index in [1.54, 1.807) is 37.1 Å². The van der Waals surface area contributed by atoms with E-state index >= 15 is 0 Å². The third-order valence-electron chi connectivity index (χ3n) is 7.61. The van der Waals surface area contributed by atoms with Crippen LogP contribution in [0, 0.1) is 5.41 Å². The molecule has 0 fully saturated rings. The maximum atomic E-state index is 13.3. The van der Waals surface area contributed by atoms with Crippen LogP contribution in [0.25, 0.3) is 0 Å². The first-order valence-corrected chi connectivity index (χ1v) is 15.2. The number of fused-ring (bicyclic) bond motifs is 1. The number of anilines is 1. The standard InChI is InChI=1S/C32H35N11O5/c1-3-46-24(44)8-5-17-11-19(28-37-9-4-10-38-28)13-20(12-17)47-31-26-29(40-25(30(45)41-26)22-15-36-16-39-22)43(2)32(42-31)48-23-14-18(27(34)35)6-7-21(23)33/h4,6-7,9,11-16,25,28,37-38H,3,5,8,10,33H2,1-2H3,(H3,34,35)(H,36,39)(H,41,45). The van der Waals surface area contributed by atoms with Crippen LogP contribution in [0.15, 0.2) is 82.8 Å². The fraction of sp³-hybridized carbons (Fsp3) is 0.250. The summed E-state index contributed by atoms with van der Waals surface area (Å²) < 4.78 is 17.7. The summed E-state index contributed by atoms with van der Waals surface area (Å²) in [5.41, 5.74) is 15.0. The number of hydrogen-bond donors (Lipinski definition) is 7. The Bertz CT molecular complexity index is 1870. The maximum Gasteiger partial charge on any atom is 0.306 e. The number of H-pyrrole nitrogens is 1. The molecule has 0 saturated heterocycles. The van der Waals surface area contributed by atoms with Crippen LogP contribution >= 0.6 is 0 Å². The maximum absolute atomic E-state index is 13.3. The molecule has 248 valence electrons. The number of benzene rings is 2. The summed E-state index contributed by atoms with van der Waals surface area (Å²) >= 11 is 0. The van der Waals surface area contributed by atoms with Crippen molar-refractivity contribution in [2.45, 2.75) is 32.0 Å². The Morgan fingerprint density at radius 2 is 2.04 bits per heavy atom. The molecule has 48 heavy (non-hydrogen) atoms. The van der Waals surface area contributed by atoms with Gasteiger partial charge in [0.1, 0.15) is 23.4 Å². The summed E-state index contributed by atoms with van der Waals surface area (Å²) in [6.07, 6.45) is 7.17. The van der Waals surface area contributed by atoms with Crippen LogP contribution in [0.4, 0.5) is 5.69 Å². The summed E-state index contributed by atoms with van der Waals surface area (Å²) in [4.78, 5) is 43.4. The van der Waals surface area contributed by atoms with Gasteiger partial charge in [0, 0.05) is 25.6 Å². The quantitative estimate of drug-likeness (QED) is 0.0720. The number of imidazole rings is 1. The van der Waals surface area contributed by atoms with Gasteiger partial charge in [-0.25, -0.2) is 9.98 Å². The van der Waals surface area contributed by atoms with E-state index in [9.17, 15) is 9.59 Å². The highest BCUT2D eigenvalue weighted by Gasteiger charge is 2.38. The van der Waals surface area contributed by atoms with Crippen molar-refractivity contribution in [3.63, 3.8) is 0 Å². The minimum atomic E-state index is -0.935. The molecule has 2 unspecified atom stereocenters. The molecule has 0 radical (unpaired) electrons. The van der Waals surface area contributed by atoms with Crippen LogP contribution in [-0.4, -0.2) is 64.6 Å². The number of carbonyl (C=O) groups is 2. The second kappa shape index (κ2) is 13.7. The number of likely N-dealkylation sites (N-methyl/N-ethyl adjacent to an activating group) is 1. The number of rotatable bonds is 10. The molecule has 16 heteroatoms. The van der Waals surface area contributed by atoms with Crippen LogP contribution in [0.5, 0.6) is 11.5 Å². The summed E-state index contributed by atoms with van der Waals surface area (Å²) in [5, 5.41) is 17.4. The molecule has 9 N–H and O–H groups in total. The first-order chi connectivity index (χ1) is 23.2. The lowest BCUT2D eigenvalue weighted by atomic mass is 10.0. The number of aromatic nitrogens is 2. The lowest BCUT2D eigenvalue weighted by Gasteiger charge is -2.33. The Morgan fingerprint density at radius 1 is 1.19 bits per heavy atom. The van der Waals surface area contributed by atoms with E-state index in [0.29, 0.717) is 42.4 Å². The molecule has 0 aliphatic carbocycles. The number of aryl methyl sites for hydroxylation is 1. The highest BCUT2D eigenvalue weighted by molar-refractivity contribution is 6.14. The summed E-state index contributed by atoms with van der Waals surface area (Å²) in [6, 6.07) is 9.42. The summed E-state index contributed by atoms with van der Waals surface area (Å²) in [6.45, 7) is 2.72. The molecular formula is C32H35N11O5. The van der Waals surface area contributed by atoms with E-state index in [2.05, 4.69) is 30.9 Å². The lowest BCUT2D eigenvalue weighted by Crippen LogP contribution is -2.49. The van der Waals surface area contributed by atoms with E-state index in [4.69, 9.17) is 36.1 Å². The van der Waals surface area contributed by atoms with Gasteiger partial charge in [-0.1, -0.05) is 12.1 Å². The van der Waals surface area contributed by atoms with Crippen LogP contribution in [0.1, 0.15) is 47.9 Å². The number of carbonyl (C=O) groups excluding carboxylic acids is 2. The zero-order valence-electron chi connectivity index (χ0n) is 26.2. The van der Waals surface area contributed by atoms with Crippen molar-refractivity contribution < 1.29 is 23.8 Å². The van der Waals surface area contributed by atoms with Crippen LogP contribution < -0.4 is 36.9 Å². The number of nitrogens with zero attached hydrogens (tertiary/aromatic N) is 4. The van der Waals surface area contributed by atoms with E-state index in [1.165, 1.54) is 18.6 Å². The normalized spacial score (nSPS) is 18.6. The van der Waals surface area contributed by atoms with Crippen molar-refractivity contribution in [1.82, 2.24) is 30.8 Å². The number of esters is 1. The van der Waals surface area contributed by atoms with Gasteiger partial charge in [-0.3, -0.25) is 25.2 Å². The predicted octanol–water partition coefficient (Wildman–Crippen LogP) is 1.67. The van der Waals surface area contributed by atoms with Gasteiger partial charge >= 0.3 is 12.0 Å². The van der Waals surface area contributed by atoms with Crippen molar-refractivity contribution in [1.29, 1.82) is 5.41 Å². The van der Waals surface area contributed by atoms with Gasteiger partial charge in [0.25, 0.3) is 11.8 Å². The molecule has 16 nitrogen and oxygen atoms in total. The van der Waals surface area contributed by atoms with Crippen molar-refractivity contribution in [2.24, 2.45) is 15.7 Å². The Balaban J connectivity index is 1.41. The van der Waals surface area contributed by atoms with Crippen LogP contribution in [0.2, 0.25) is 0 Å². The average Bonchev–Trinajstić information content (AvgIpc) is 3.62. The van der Waals surface area contributed by atoms with Crippen LogP contribution in [0.3, 0.4) is 0 Å². The monoisotopic (exact) mass is 653 g/mol. The second-order valence-corrected chi connectivity index (χ2v) is 11.0. The Hall–Kier alpha value is -6.16. The number of amidine groups is 3. The van der Waals surface area contributed by atoms with Crippen molar-refractivity contribution in [2.75, 3.05) is 25.9 Å². The molecule has 3 aliphatic rings. The molecule has 0 bridgehead atoms. The van der Waals surface area contributed by atoms with Gasteiger partial charge in [0.05, 0.1) is 30.5 Å². The summed E-state index contributed by atoms with van der Waals surface area (Å²) in [5.74, 6) is 0.000970. The van der Waals surface area contributed by atoms with Gasteiger partial charge in [-0.05, 0) is 61.0 Å². The van der Waals surface area contributed by atoms with Crippen LogP contribution in [-0.2, 0) is 20.7 Å². The fourth-order valence-electron chi connectivity index (χ4n) is 5.21. The number of nitrogens with two attached hydrogens (primary N) is 2. The van der Waals surface area contributed by atoms with Gasteiger partial charge in [-0.15, -0.1) is 0 Å². The van der Waals surface area contributed by atoms with Crippen molar-refractivity contribution in [3.8, 4) is 11.5 Å². The van der Waals surface area contributed by atoms with Crippen molar-refractivity contribution >= 4 is 35.3 Å². The lowest BCUT2D eigenvalue weighted by molar-refractivity contribution is -0.143. The highest BCUT2D eigenvalue weighted by atomic mass is 16.5. The first-order valence-electron chi connectivity index (χ1n) is 15.2. The first kappa shape index (κ1) is 31.8. The SMILES string of the molecule is CCOC(=O)CCc1cc(OC2=C3NC(=O)C(c4cnc[nH]4)N=C3N(C)C(Oc3cc(C(=N)N)ccc3N)=N2)cc(C2NC=CCN2)c1. The summed E-state index contributed by atoms with van der Waals surface area (Å²) in [7, 11) is 1.67. The molecule has 1 amide bonds. The topological polar surface area (TPSA) is 230 Å². The molecular weight excluding hydrogens is 618 g/mol. The molecule has 2 aromatic carbocycles. The predicted molar refractivity (Wildman–Crippen MR) is 177 cm³/mol. The zero-order chi connectivity index (χ0) is 33.8. The number of nitrogens with one attached hydrogen (secondary N) is 5. The van der Waals surface area contributed by atoms with Gasteiger partial charge < -0.3 is 41.3 Å². The van der Waals surface area contributed by atoms with E-state index in [0.717, 1.165) is 11.1 Å². The Kier molecular flexibility index (Phi) is 9.06. The Morgan fingerprint density at radius 3 is 2.77 bits per heavy atom. The molecule has 4 heterocycles. The minimum absolute atomic E-state index is 0.00231. The molecule has 0 spiro atoms. The third-order valence-corrected chi connectivity index (χ3v) is 7.61. The number of ether oxygens (including phenoxy) is 3. The van der Waals surface area contributed by atoms with Crippen molar-refractivity contribution in [3.05, 3.63) is 95.2 Å². The smallest absolute Gasteiger partial charge is 0.306 e. The van der Waals surface area contributed by atoms with Gasteiger partial charge in [0.2, 0.25) is 0 Å².